The van der Waals surface area contributed by atoms with Crippen molar-refractivity contribution < 1.29 is 9.16 Å². The molecule has 0 bridgehead atoms. The second kappa shape index (κ2) is 10.3. The lowest BCUT2D eigenvalue weighted by molar-refractivity contribution is 0.129. The van der Waals surface area contributed by atoms with Crippen LogP contribution >= 0.6 is 11.3 Å². The second-order valence-corrected chi connectivity index (χ2v) is 14.2. The summed E-state index contributed by atoms with van der Waals surface area (Å²) in [6.07, 6.45) is 1.92. The van der Waals surface area contributed by atoms with Gasteiger partial charge >= 0.3 is 0 Å². The molecular weight excluding hydrogens is 430 g/mol. The number of methoxy groups -OCH3 is 1. The summed E-state index contributed by atoms with van der Waals surface area (Å²) < 4.78 is 13.5. The molecule has 2 aromatic rings. The molecule has 31 heavy (non-hydrogen) atoms. The highest BCUT2D eigenvalue weighted by atomic mass is 32.1. The minimum absolute atomic E-state index is 0.0946. The highest BCUT2D eigenvalue weighted by molar-refractivity contribution is 7.07. The van der Waals surface area contributed by atoms with Gasteiger partial charge in [-0.15, -0.1) is 11.3 Å². The molecule has 2 N–H and O–H groups in total. The maximum absolute atomic E-state index is 6.38. The van der Waals surface area contributed by atoms with E-state index in [1.54, 1.807) is 14.2 Å². The van der Waals surface area contributed by atoms with Gasteiger partial charge in [0.05, 0.1) is 12.3 Å². The molecule has 0 spiro atoms. The van der Waals surface area contributed by atoms with Crippen molar-refractivity contribution in [2.45, 2.75) is 52.2 Å². The van der Waals surface area contributed by atoms with Gasteiger partial charge in [0, 0.05) is 38.0 Å². The van der Waals surface area contributed by atoms with Crippen molar-refractivity contribution in [2.24, 2.45) is 21.0 Å². The maximum Gasteiger partial charge on any atom is 0.193 e. The van der Waals surface area contributed by atoms with Crippen molar-refractivity contribution in [3.05, 3.63) is 39.8 Å². The van der Waals surface area contributed by atoms with E-state index >= 15 is 0 Å². The molecule has 2 rings (SSSR count). The van der Waals surface area contributed by atoms with Crippen LogP contribution in [0.15, 0.2) is 38.9 Å². The summed E-state index contributed by atoms with van der Waals surface area (Å²) in [5.74, 6) is 6.63. The first-order chi connectivity index (χ1) is 14.5. The third-order valence-electron chi connectivity index (χ3n) is 5.29. The Hall–Kier alpha value is -2.34. The van der Waals surface area contributed by atoms with Crippen molar-refractivity contribution >= 4 is 38.0 Å². The van der Waals surface area contributed by atoms with Crippen LogP contribution in [0.2, 0.25) is 18.1 Å². The van der Waals surface area contributed by atoms with Crippen LogP contribution in [-0.2, 0) is 22.5 Å². The van der Waals surface area contributed by atoms with E-state index in [1.807, 2.05) is 28.3 Å². The molecule has 0 aliphatic heterocycles. The summed E-state index contributed by atoms with van der Waals surface area (Å²) in [7, 11) is 1.42. The van der Waals surface area contributed by atoms with Crippen molar-refractivity contribution in [3.63, 3.8) is 0 Å². The average molecular weight is 464 g/mol. The molecule has 0 saturated carbocycles. The second-order valence-electron chi connectivity index (χ2n) is 8.56. The highest BCUT2D eigenvalue weighted by Crippen LogP contribution is 2.37. The highest BCUT2D eigenvalue weighted by Gasteiger charge is 2.37. The normalized spacial score (nSPS) is 13.5. The first-order valence-corrected chi connectivity index (χ1v) is 13.6. The zero-order chi connectivity index (χ0) is 23.2. The number of pyridine rings is 1. The SMILES string of the molecule is C=NN(C)/C(=N\N)c1cc(CO[Si](C)(C)C(C)(C)C)nc(/N=c2\sccn2COC)c1. The van der Waals surface area contributed by atoms with Gasteiger partial charge in [0.15, 0.2) is 24.8 Å². The van der Waals surface area contributed by atoms with E-state index in [0.717, 1.165) is 16.1 Å². The molecule has 11 heteroatoms. The van der Waals surface area contributed by atoms with Crippen LogP contribution in [-0.4, -0.2) is 49.6 Å². The number of thiazole rings is 1. The van der Waals surface area contributed by atoms with E-state index < -0.39 is 8.32 Å². The first kappa shape index (κ1) is 24.9. The Morgan fingerprint density at radius 2 is 2.06 bits per heavy atom. The minimum Gasteiger partial charge on any atom is -0.411 e. The number of hydrogen-bond acceptors (Lipinski definition) is 8. The van der Waals surface area contributed by atoms with E-state index in [2.05, 4.69) is 50.8 Å². The van der Waals surface area contributed by atoms with Crippen molar-refractivity contribution in [3.8, 4) is 0 Å². The Bertz CT molecular complexity index is 992. The third kappa shape index (κ3) is 6.32. The summed E-state index contributed by atoms with van der Waals surface area (Å²) in [6, 6.07) is 3.72. The number of ether oxygens (including phenoxy) is 1. The predicted octanol–water partition coefficient (Wildman–Crippen LogP) is 3.47. The van der Waals surface area contributed by atoms with Gasteiger partial charge in [-0.3, -0.25) is 4.57 Å². The number of amidine groups is 1. The van der Waals surface area contributed by atoms with Crippen molar-refractivity contribution in [2.75, 3.05) is 14.2 Å². The van der Waals surface area contributed by atoms with E-state index in [4.69, 9.17) is 25.0 Å². The lowest BCUT2D eigenvalue weighted by Gasteiger charge is -2.36. The molecule has 0 radical (unpaired) electrons. The largest absolute Gasteiger partial charge is 0.411 e. The molecule has 9 nitrogen and oxygen atoms in total. The van der Waals surface area contributed by atoms with Gasteiger partial charge in [-0.2, -0.15) is 10.2 Å². The Kier molecular flexibility index (Phi) is 8.29. The Labute approximate surface area is 189 Å². The van der Waals surface area contributed by atoms with Crippen LogP contribution < -0.4 is 10.6 Å². The van der Waals surface area contributed by atoms with Gasteiger partial charge in [-0.25, -0.2) is 15.0 Å². The molecule has 0 fully saturated rings. The zero-order valence-corrected chi connectivity index (χ0v) is 21.2. The van der Waals surface area contributed by atoms with Gasteiger partial charge in [-0.05, 0) is 30.3 Å². The molecule has 0 aliphatic rings. The van der Waals surface area contributed by atoms with Gasteiger partial charge in [0.25, 0.3) is 0 Å². The number of rotatable bonds is 8. The first-order valence-electron chi connectivity index (χ1n) is 9.83. The summed E-state index contributed by atoms with van der Waals surface area (Å²) in [5.41, 5.74) is 1.48. The topological polar surface area (TPSA) is 103 Å². The van der Waals surface area contributed by atoms with Gasteiger partial charge < -0.3 is 15.0 Å². The predicted molar refractivity (Wildman–Crippen MR) is 129 cm³/mol. The molecule has 0 atom stereocenters. The fourth-order valence-corrected chi connectivity index (χ4v) is 4.10. The van der Waals surface area contributed by atoms with Gasteiger partial charge in [-0.1, -0.05) is 20.8 Å². The number of aromatic nitrogens is 2. The summed E-state index contributed by atoms with van der Waals surface area (Å²) in [4.78, 5) is 10.2. The van der Waals surface area contributed by atoms with Crippen molar-refractivity contribution in [1.29, 1.82) is 0 Å². The minimum atomic E-state index is -1.95. The number of hydrogen-bond donors (Lipinski definition) is 1. The molecule has 0 unspecified atom stereocenters. The maximum atomic E-state index is 6.38. The Balaban J connectivity index is 2.53. The molecule has 170 valence electrons. The quantitative estimate of drug-likeness (QED) is 0.212. The van der Waals surface area contributed by atoms with Crippen molar-refractivity contribution in [1.82, 2.24) is 14.6 Å². The average Bonchev–Trinajstić information content (AvgIpc) is 3.13. The number of hydrazone groups is 2. The molecule has 0 aromatic carbocycles. The lowest BCUT2D eigenvalue weighted by Crippen LogP contribution is -2.40. The molecular formula is C20H33N7O2SSi. The van der Waals surface area contributed by atoms with E-state index in [-0.39, 0.29) is 5.04 Å². The van der Waals surface area contributed by atoms with E-state index in [1.165, 1.54) is 16.3 Å². The summed E-state index contributed by atoms with van der Waals surface area (Å²) in [6.45, 7) is 15.4. The number of nitrogens with two attached hydrogens (primary N) is 1. The van der Waals surface area contributed by atoms with Crippen LogP contribution in [0, 0.1) is 0 Å². The standard InChI is InChI=1S/C20H33N7O2SSi/c1-20(2,3)31(7,8)29-13-16-11-15(18(25-21)26(5)22-4)12-17(23-16)24-19-27(14-28-6)9-10-30-19/h9-12H,4,13-14,21H2,1-3,5-8H3/b24-19-,25-18-. The zero-order valence-electron chi connectivity index (χ0n) is 19.4. The molecule has 2 aromatic heterocycles. The fourth-order valence-electron chi connectivity index (χ4n) is 2.44. The van der Waals surface area contributed by atoms with Crippen LogP contribution in [0.25, 0.3) is 0 Å². The van der Waals surface area contributed by atoms with E-state index in [9.17, 15) is 0 Å². The summed E-state index contributed by atoms with van der Waals surface area (Å²) >= 11 is 1.50. The lowest BCUT2D eigenvalue weighted by atomic mass is 10.2. The monoisotopic (exact) mass is 463 g/mol. The fraction of sp³-hybridized carbons (Fsp3) is 0.500. The Morgan fingerprint density at radius 3 is 2.65 bits per heavy atom. The molecule has 2 heterocycles. The molecule has 0 saturated heterocycles. The van der Waals surface area contributed by atoms with Gasteiger partial charge in [0.2, 0.25) is 0 Å². The van der Waals surface area contributed by atoms with Crippen LogP contribution in [0.3, 0.4) is 0 Å². The van der Waals surface area contributed by atoms with Crippen LogP contribution in [0.5, 0.6) is 0 Å². The number of nitrogens with zero attached hydrogens (tertiary/aromatic N) is 6. The van der Waals surface area contributed by atoms with Crippen LogP contribution in [0.4, 0.5) is 5.82 Å². The third-order valence-corrected chi connectivity index (χ3v) is 10.6. The van der Waals surface area contributed by atoms with Gasteiger partial charge in [0.1, 0.15) is 6.73 Å². The van der Waals surface area contributed by atoms with Crippen LogP contribution in [0.1, 0.15) is 32.0 Å². The van der Waals surface area contributed by atoms with E-state index in [0.29, 0.717) is 25.0 Å². The smallest absolute Gasteiger partial charge is 0.193 e. The Morgan fingerprint density at radius 1 is 1.35 bits per heavy atom. The molecule has 0 aliphatic carbocycles. The summed E-state index contributed by atoms with van der Waals surface area (Å²) in [5, 5.41) is 11.3. The molecule has 0 amide bonds.